The Morgan fingerprint density at radius 2 is 2.17 bits per heavy atom. The van der Waals surface area contributed by atoms with E-state index >= 15 is 0 Å². The summed E-state index contributed by atoms with van der Waals surface area (Å²) in [7, 11) is 0. The molecule has 1 atom stereocenters. The number of thiazole rings is 1. The number of rotatable bonds is 5. The van der Waals surface area contributed by atoms with Gasteiger partial charge in [-0.2, -0.15) is 0 Å². The van der Waals surface area contributed by atoms with Crippen LogP contribution in [0.3, 0.4) is 0 Å². The van der Waals surface area contributed by atoms with E-state index in [1.54, 1.807) is 23.7 Å². The van der Waals surface area contributed by atoms with Crippen LogP contribution in [0.15, 0.2) is 29.9 Å². The third-order valence-corrected chi connectivity index (χ3v) is 4.39. The van der Waals surface area contributed by atoms with E-state index in [1.165, 1.54) is 0 Å². The van der Waals surface area contributed by atoms with Crippen molar-refractivity contribution in [3.63, 3.8) is 0 Å². The average molecular weight is 332 g/mol. The Morgan fingerprint density at radius 3 is 2.78 bits per heavy atom. The Kier molecular flexibility index (Phi) is 5.71. The van der Waals surface area contributed by atoms with Gasteiger partial charge in [-0.05, 0) is 18.6 Å². The van der Waals surface area contributed by atoms with Crippen molar-refractivity contribution in [1.82, 2.24) is 20.6 Å². The number of carbonyl (C=O) groups is 1. The molecule has 2 heterocycles. The molecule has 23 heavy (non-hydrogen) atoms. The lowest BCUT2D eigenvalue weighted by Gasteiger charge is -2.15. The predicted octanol–water partition coefficient (Wildman–Crippen LogP) is 3.44. The number of urea groups is 1. The SMILES string of the molecule is C[C@H](NC(=O)NCCc1nc(C(C)(C)C)cs1)c1cccnc1. The third kappa shape index (κ3) is 5.32. The second-order valence-corrected chi connectivity index (χ2v) is 7.48. The highest BCUT2D eigenvalue weighted by Crippen LogP contribution is 2.23. The molecule has 0 unspecified atom stereocenters. The normalized spacial score (nSPS) is 12.7. The smallest absolute Gasteiger partial charge is 0.315 e. The zero-order valence-electron chi connectivity index (χ0n) is 14.1. The van der Waals surface area contributed by atoms with Crippen molar-refractivity contribution in [3.05, 3.63) is 46.2 Å². The fourth-order valence-corrected chi connectivity index (χ4v) is 3.04. The average Bonchev–Trinajstić information content (AvgIpc) is 2.97. The lowest BCUT2D eigenvalue weighted by molar-refractivity contribution is 0.238. The fraction of sp³-hybridized carbons (Fsp3) is 0.471. The van der Waals surface area contributed by atoms with Crippen LogP contribution in [0.25, 0.3) is 0 Å². The monoisotopic (exact) mass is 332 g/mol. The first-order valence-corrected chi connectivity index (χ1v) is 8.63. The van der Waals surface area contributed by atoms with Gasteiger partial charge in [-0.15, -0.1) is 11.3 Å². The van der Waals surface area contributed by atoms with E-state index in [1.807, 2.05) is 19.1 Å². The molecule has 2 amide bonds. The van der Waals surface area contributed by atoms with Crippen molar-refractivity contribution in [2.24, 2.45) is 0 Å². The molecular weight excluding hydrogens is 308 g/mol. The minimum atomic E-state index is -0.172. The van der Waals surface area contributed by atoms with Crippen LogP contribution in [-0.4, -0.2) is 22.5 Å². The highest BCUT2D eigenvalue weighted by atomic mass is 32.1. The Bertz CT molecular complexity index is 634. The van der Waals surface area contributed by atoms with Crippen LogP contribution in [0.5, 0.6) is 0 Å². The lowest BCUT2D eigenvalue weighted by Crippen LogP contribution is -2.38. The van der Waals surface area contributed by atoms with E-state index in [0.717, 1.165) is 22.7 Å². The largest absolute Gasteiger partial charge is 0.338 e. The standard InChI is InChI=1S/C17H24N4OS/c1-12(13-6-5-8-18-10-13)20-16(22)19-9-7-15-21-14(11-23-15)17(2,3)4/h5-6,8,10-12H,7,9H2,1-4H3,(H2,19,20,22)/t12-/m0/s1. The summed E-state index contributed by atoms with van der Waals surface area (Å²) in [5.41, 5.74) is 2.16. The molecule has 0 saturated heterocycles. The molecule has 0 radical (unpaired) electrons. The molecule has 124 valence electrons. The Morgan fingerprint density at radius 1 is 1.39 bits per heavy atom. The van der Waals surface area contributed by atoms with Gasteiger partial charge in [-0.25, -0.2) is 9.78 Å². The summed E-state index contributed by atoms with van der Waals surface area (Å²) in [6.07, 6.45) is 4.22. The molecule has 6 heteroatoms. The predicted molar refractivity (Wildman–Crippen MR) is 93.7 cm³/mol. The van der Waals surface area contributed by atoms with Crippen LogP contribution in [0.1, 0.15) is 50.0 Å². The van der Waals surface area contributed by atoms with E-state index < -0.39 is 0 Å². The number of amides is 2. The molecule has 0 saturated carbocycles. The molecule has 0 aliphatic carbocycles. The van der Waals surface area contributed by atoms with Crippen LogP contribution in [0.4, 0.5) is 4.79 Å². The van der Waals surface area contributed by atoms with Gasteiger partial charge in [0.05, 0.1) is 16.7 Å². The molecule has 0 aromatic carbocycles. The van der Waals surface area contributed by atoms with Gasteiger partial charge in [0.15, 0.2) is 0 Å². The minimum Gasteiger partial charge on any atom is -0.338 e. The number of nitrogens with one attached hydrogen (secondary N) is 2. The van der Waals surface area contributed by atoms with Crippen LogP contribution in [0, 0.1) is 0 Å². The Labute approximate surface area is 141 Å². The molecule has 2 N–H and O–H groups in total. The molecule has 0 bridgehead atoms. The molecule has 2 rings (SSSR count). The third-order valence-electron chi connectivity index (χ3n) is 3.48. The maximum atomic E-state index is 11.9. The zero-order valence-corrected chi connectivity index (χ0v) is 14.9. The first kappa shape index (κ1) is 17.4. The maximum absolute atomic E-state index is 11.9. The second kappa shape index (κ2) is 7.55. The summed E-state index contributed by atoms with van der Waals surface area (Å²) in [4.78, 5) is 20.6. The molecule has 0 aliphatic rings. The summed E-state index contributed by atoms with van der Waals surface area (Å²) >= 11 is 1.65. The minimum absolute atomic E-state index is 0.0682. The number of pyridine rings is 1. The van der Waals surface area contributed by atoms with Crippen molar-refractivity contribution in [3.8, 4) is 0 Å². The lowest BCUT2D eigenvalue weighted by atomic mass is 9.93. The topological polar surface area (TPSA) is 66.9 Å². The zero-order chi connectivity index (χ0) is 16.9. The molecule has 0 spiro atoms. The molecule has 5 nitrogen and oxygen atoms in total. The van der Waals surface area contributed by atoms with Crippen LogP contribution >= 0.6 is 11.3 Å². The van der Waals surface area contributed by atoms with Gasteiger partial charge in [0.1, 0.15) is 0 Å². The summed E-state index contributed by atoms with van der Waals surface area (Å²) in [6, 6.07) is 3.56. The summed E-state index contributed by atoms with van der Waals surface area (Å²) in [5, 5.41) is 8.93. The summed E-state index contributed by atoms with van der Waals surface area (Å²) in [6.45, 7) is 8.96. The summed E-state index contributed by atoms with van der Waals surface area (Å²) < 4.78 is 0. The highest BCUT2D eigenvalue weighted by Gasteiger charge is 2.17. The van der Waals surface area contributed by atoms with E-state index in [0.29, 0.717) is 6.54 Å². The van der Waals surface area contributed by atoms with Gasteiger partial charge < -0.3 is 10.6 Å². The first-order chi connectivity index (χ1) is 10.9. The van der Waals surface area contributed by atoms with Gasteiger partial charge in [-0.1, -0.05) is 26.8 Å². The van der Waals surface area contributed by atoms with E-state index in [2.05, 4.69) is 46.8 Å². The number of hydrogen-bond acceptors (Lipinski definition) is 4. The number of aromatic nitrogens is 2. The van der Waals surface area contributed by atoms with Crippen molar-refractivity contribution >= 4 is 17.4 Å². The van der Waals surface area contributed by atoms with Crippen molar-refractivity contribution in [2.75, 3.05) is 6.54 Å². The van der Waals surface area contributed by atoms with Gasteiger partial charge in [0, 0.05) is 36.2 Å². The van der Waals surface area contributed by atoms with Crippen LogP contribution in [-0.2, 0) is 11.8 Å². The van der Waals surface area contributed by atoms with Gasteiger partial charge in [0.2, 0.25) is 0 Å². The molecule has 2 aromatic heterocycles. The molecule has 2 aromatic rings. The van der Waals surface area contributed by atoms with Crippen molar-refractivity contribution < 1.29 is 4.79 Å². The van der Waals surface area contributed by atoms with Crippen molar-refractivity contribution in [1.29, 1.82) is 0 Å². The number of carbonyl (C=O) groups excluding carboxylic acids is 1. The number of hydrogen-bond donors (Lipinski definition) is 2. The highest BCUT2D eigenvalue weighted by molar-refractivity contribution is 7.09. The summed E-state index contributed by atoms with van der Waals surface area (Å²) in [5.74, 6) is 0. The van der Waals surface area contributed by atoms with Gasteiger partial charge in [-0.3, -0.25) is 4.98 Å². The van der Waals surface area contributed by atoms with Gasteiger partial charge >= 0.3 is 6.03 Å². The second-order valence-electron chi connectivity index (χ2n) is 6.53. The van der Waals surface area contributed by atoms with Crippen LogP contribution < -0.4 is 10.6 Å². The Hall–Kier alpha value is -1.95. The maximum Gasteiger partial charge on any atom is 0.315 e. The van der Waals surface area contributed by atoms with E-state index in [-0.39, 0.29) is 17.5 Å². The Balaban J connectivity index is 1.76. The van der Waals surface area contributed by atoms with Crippen LogP contribution in [0.2, 0.25) is 0 Å². The number of nitrogens with zero attached hydrogens (tertiary/aromatic N) is 2. The fourth-order valence-electron chi connectivity index (χ4n) is 2.02. The first-order valence-electron chi connectivity index (χ1n) is 7.75. The molecule has 0 fully saturated rings. The van der Waals surface area contributed by atoms with Gasteiger partial charge in [0.25, 0.3) is 0 Å². The van der Waals surface area contributed by atoms with E-state index in [4.69, 9.17) is 0 Å². The molecular formula is C17H24N4OS. The molecule has 0 aliphatic heterocycles. The van der Waals surface area contributed by atoms with E-state index in [9.17, 15) is 4.79 Å². The quantitative estimate of drug-likeness (QED) is 0.881. The van der Waals surface area contributed by atoms with Crippen molar-refractivity contribution in [2.45, 2.75) is 45.6 Å².